The van der Waals surface area contributed by atoms with Crippen LogP contribution in [-0.4, -0.2) is 62.2 Å². The van der Waals surface area contributed by atoms with Gasteiger partial charge in [-0.1, -0.05) is 90.0 Å². The summed E-state index contributed by atoms with van der Waals surface area (Å²) in [5.74, 6) is -1.46. The van der Waals surface area contributed by atoms with Crippen LogP contribution in [0, 0.1) is 18.3 Å². The molecule has 46 heavy (non-hydrogen) atoms. The lowest BCUT2D eigenvalue weighted by Gasteiger charge is -2.34. The van der Waals surface area contributed by atoms with Crippen molar-refractivity contribution in [1.82, 2.24) is 9.88 Å². The van der Waals surface area contributed by atoms with Crippen LogP contribution in [0.4, 0.5) is 0 Å². The zero-order chi connectivity index (χ0) is 33.7. The number of aliphatic hydroxyl groups is 1. The summed E-state index contributed by atoms with van der Waals surface area (Å²) >= 11 is 1.60. The highest BCUT2D eigenvalue weighted by Crippen LogP contribution is 2.34. The van der Waals surface area contributed by atoms with E-state index in [-0.39, 0.29) is 49.7 Å². The number of thiazole rings is 1. The first-order valence-corrected chi connectivity index (χ1v) is 18.0. The fourth-order valence-corrected chi connectivity index (χ4v) is 7.14. The standard InChI is InChI=1S/C37H54N2O6S/c1-26-35(46-25-38-26)28-19-16-27(17-20-28)18-21-33(42)32-23-30(41)24-39(32)36(45)31(37(2,3)4)22-29(40)14-12-10-8-6-5-7-9-11-13-15-34(43)44/h16-17,19-20,25,30-32,41H,5-15,18,21-24H2,1-4H3,(H,43,44)/t30-,31-,32+/m1/s1. The SMILES string of the molecule is Cc1ncsc1-c1ccc(CCC(=O)[C@@H]2C[C@@H](O)CN2C(=O)[C@@H](CC(=O)CCCCCCCCCCCC(=O)O)C(C)(C)C)cc1. The van der Waals surface area contributed by atoms with E-state index >= 15 is 0 Å². The Bertz CT molecular complexity index is 1280. The third-order valence-electron chi connectivity index (χ3n) is 9.18. The van der Waals surface area contributed by atoms with Gasteiger partial charge >= 0.3 is 5.97 Å². The number of unbranched alkanes of at least 4 members (excludes halogenated alkanes) is 8. The van der Waals surface area contributed by atoms with Crippen LogP contribution >= 0.6 is 11.3 Å². The van der Waals surface area contributed by atoms with Crippen molar-refractivity contribution in [3.8, 4) is 10.4 Å². The number of benzene rings is 1. The van der Waals surface area contributed by atoms with Crippen LogP contribution in [-0.2, 0) is 25.6 Å². The lowest BCUT2D eigenvalue weighted by atomic mass is 9.76. The molecule has 254 valence electrons. The first-order valence-electron chi connectivity index (χ1n) is 17.1. The molecule has 1 amide bonds. The lowest BCUT2D eigenvalue weighted by Crippen LogP contribution is -2.47. The zero-order valence-electron chi connectivity index (χ0n) is 28.3. The Hall–Kier alpha value is -2.91. The number of β-amino-alcohol motifs (C(OH)–C–C–N with tert-alkyl or cyclic N) is 1. The largest absolute Gasteiger partial charge is 0.481 e. The van der Waals surface area contributed by atoms with E-state index in [2.05, 4.69) is 17.1 Å². The van der Waals surface area contributed by atoms with Crippen LogP contribution in [0.15, 0.2) is 29.8 Å². The number of aliphatic hydroxyl groups excluding tert-OH is 1. The fourth-order valence-electron chi connectivity index (χ4n) is 6.33. The molecular formula is C37H54N2O6S. The minimum atomic E-state index is -0.749. The summed E-state index contributed by atoms with van der Waals surface area (Å²) in [6.45, 7) is 8.00. The van der Waals surface area contributed by atoms with Gasteiger partial charge in [-0.25, -0.2) is 4.98 Å². The van der Waals surface area contributed by atoms with Gasteiger partial charge in [-0.2, -0.15) is 0 Å². The maximum Gasteiger partial charge on any atom is 0.303 e. The van der Waals surface area contributed by atoms with Crippen molar-refractivity contribution in [2.24, 2.45) is 11.3 Å². The first-order chi connectivity index (χ1) is 21.9. The average molecular weight is 655 g/mol. The van der Waals surface area contributed by atoms with Crippen LogP contribution in [0.5, 0.6) is 0 Å². The number of aromatic nitrogens is 1. The second-order valence-corrected chi connectivity index (χ2v) is 14.9. The van der Waals surface area contributed by atoms with E-state index in [4.69, 9.17) is 5.11 Å². The van der Waals surface area contributed by atoms with Crippen LogP contribution in [0.2, 0.25) is 0 Å². The number of Topliss-reactive ketones (excluding diaryl/α,β-unsaturated/α-hetero) is 2. The Labute approximate surface area is 279 Å². The molecule has 0 bridgehead atoms. The van der Waals surface area contributed by atoms with Crippen LogP contribution in [0.3, 0.4) is 0 Å². The minimum Gasteiger partial charge on any atom is -0.481 e. The Morgan fingerprint density at radius 1 is 0.913 bits per heavy atom. The molecule has 9 heteroatoms. The Kier molecular flexibility index (Phi) is 15.0. The molecule has 1 aromatic heterocycles. The number of hydrogen-bond acceptors (Lipinski definition) is 7. The first kappa shape index (κ1) is 37.5. The van der Waals surface area contributed by atoms with Crippen molar-refractivity contribution in [3.05, 3.63) is 41.0 Å². The molecular weight excluding hydrogens is 600 g/mol. The van der Waals surface area contributed by atoms with Crippen molar-refractivity contribution in [3.63, 3.8) is 0 Å². The number of amides is 1. The number of aryl methyl sites for hydroxylation is 2. The van der Waals surface area contributed by atoms with Gasteiger partial charge in [0.25, 0.3) is 0 Å². The Morgan fingerprint density at radius 3 is 2.04 bits per heavy atom. The van der Waals surface area contributed by atoms with Crippen molar-refractivity contribution in [2.45, 2.75) is 136 Å². The fraction of sp³-hybridized carbons (Fsp3) is 0.649. The van der Waals surface area contributed by atoms with Crippen molar-refractivity contribution < 1.29 is 29.4 Å². The highest BCUT2D eigenvalue weighted by Gasteiger charge is 2.44. The number of aliphatic carboxylic acids is 1. The van der Waals surface area contributed by atoms with Gasteiger partial charge in [0, 0.05) is 44.6 Å². The molecule has 1 aromatic carbocycles. The van der Waals surface area contributed by atoms with Gasteiger partial charge in [-0.05, 0) is 42.7 Å². The highest BCUT2D eigenvalue weighted by atomic mass is 32.1. The van der Waals surface area contributed by atoms with Crippen molar-refractivity contribution >= 4 is 34.8 Å². The summed E-state index contributed by atoms with van der Waals surface area (Å²) in [4.78, 5) is 57.9. The molecule has 1 fully saturated rings. The number of likely N-dealkylation sites (tertiary alicyclic amines) is 1. The molecule has 2 N–H and O–H groups in total. The van der Waals surface area contributed by atoms with Crippen molar-refractivity contribution in [1.29, 1.82) is 0 Å². The Balaban J connectivity index is 1.45. The quantitative estimate of drug-likeness (QED) is 0.141. The second kappa shape index (κ2) is 18.4. The number of carboxylic acid groups (broad SMARTS) is 1. The van der Waals surface area contributed by atoms with Crippen LogP contribution in [0.1, 0.15) is 122 Å². The molecule has 3 atom stereocenters. The van der Waals surface area contributed by atoms with E-state index in [1.54, 1.807) is 16.2 Å². The number of hydrogen-bond donors (Lipinski definition) is 2. The summed E-state index contributed by atoms with van der Waals surface area (Å²) in [5.41, 5.74) is 4.52. The van der Waals surface area contributed by atoms with Gasteiger partial charge in [0.15, 0.2) is 5.78 Å². The third kappa shape index (κ3) is 12.0. The Morgan fingerprint density at radius 2 is 1.50 bits per heavy atom. The molecule has 0 saturated carbocycles. The van der Waals surface area contributed by atoms with E-state index in [9.17, 15) is 24.3 Å². The van der Waals surface area contributed by atoms with E-state index in [0.717, 1.165) is 79.5 Å². The van der Waals surface area contributed by atoms with Gasteiger partial charge in [0.1, 0.15) is 5.78 Å². The smallest absolute Gasteiger partial charge is 0.303 e. The van der Waals surface area contributed by atoms with Gasteiger partial charge in [-0.15, -0.1) is 11.3 Å². The molecule has 1 aliphatic heterocycles. The maximum absolute atomic E-state index is 13.9. The average Bonchev–Trinajstić information content (AvgIpc) is 3.61. The number of carbonyl (C=O) groups is 4. The molecule has 1 aliphatic rings. The van der Waals surface area contributed by atoms with E-state index < -0.39 is 29.4 Å². The molecule has 8 nitrogen and oxygen atoms in total. The highest BCUT2D eigenvalue weighted by molar-refractivity contribution is 7.13. The normalized spacial score (nSPS) is 17.3. The van der Waals surface area contributed by atoms with E-state index in [0.29, 0.717) is 12.8 Å². The topological polar surface area (TPSA) is 125 Å². The summed E-state index contributed by atoms with van der Waals surface area (Å²) < 4.78 is 0. The molecule has 2 aromatic rings. The zero-order valence-corrected chi connectivity index (χ0v) is 29.1. The molecule has 0 aliphatic carbocycles. The summed E-state index contributed by atoms with van der Waals surface area (Å²) in [6.07, 6.45) is 10.1. The second-order valence-electron chi connectivity index (χ2n) is 14.1. The van der Waals surface area contributed by atoms with E-state index in [1.807, 2.05) is 45.3 Å². The lowest BCUT2D eigenvalue weighted by molar-refractivity contribution is -0.145. The predicted octanol–water partition coefficient (Wildman–Crippen LogP) is 7.58. The number of rotatable bonds is 20. The summed E-state index contributed by atoms with van der Waals surface area (Å²) in [5, 5.41) is 19.2. The molecule has 0 radical (unpaired) electrons. The predicted molar refractivity (Wildman–Crippen MR) is 183 cm³/mol. The van der Waals surface area contributed by atoms with Gasteiger partial charge in [0.2, 0.25) is 5.91 Å². The molecule has 1 saturated heterocycles. The summed E-state index contributed by atoms with van der Waals surface area (Å²) in [7, 11) is 0. The minimum absolute atomic E-state index is 0.0495. The molecule has 3 rings (SSSR count). The monoisotopic (exact) mass is 654 g/mol. The van der Waals surface area contributed by atoms with E-state index in [1.165, 1.54) is 0 Å². The van der Waals surface area contributed by atoms with Crippen LogP contribution in [0.25, 0.3) is 10.4 Å². The molecule has 0 unspecified atom stereocenters. The number of ketones is 2. The third-order valence-corrected chi connectivity index (χ3v) is 10.2. The van der Waals surface area contributed by atoms with Gasteiger partial charge in [0.05, 0.1) is 28.2 Å². The number of carbonyl (C=O) groups excluding carboxylic acids is 3. The molecule has 0 spiro atoms. The molecule has 2 heterocycles. The maximum atomic E-state index is 13.9. The number of carboxylic acids is 1. The van der Waals surface area contributed by atoms with Crippen molar-refractivity contribution in [2.75, 3.05) is 6.54 Å². The van der Waals surface area contributed by atoms with Crippen LogP contribution < -0.4 is 0 Å². The van der Waals surface area contributed by atoms with Gasteiger partial charge < -0.3 is 15.1 Å². The number of nitrogens with zero attached hydrogens (tertiary/aromatic N) is 2. The summed E-state index contributed by atoms with van der Waals surface area (Å²) in [6, 6.07) is 7.50. The van der Waals surface area contributed by atoms with Gasteiger partial charge in [-0.3, -0.25) is 19.2 Å².